The number of hydrogen-bond donors (Lipinski definition) is 2. The normalized spacial score (nSPS) is 16.8. The number of rotatable bonds is 3. The highest BCUT2D eigenvalue weighted by Gasteiger charge is 2.21. The zero-order valence-corrected chi connectivity index (χ0v) is 7.59. The summed E-state index contributed by atoms with van der Waals surface area (Å²) in [6, 6.07) is 0. The van der Waals surface area contributed by atoms with Crippen LogP contribution in [0.15, 0.2) is 0 Å². The van der Waals surface area contributed by atoms with Gasteiger partial charge in [-0.15, -0.1) is 0 Å². The van der Waals surface area contributed by atoms with Crippen LogP contribution in [0.3, 0.4) is 0 Å². The summed E-state index contributed by atoms with van der Waals surface area (Å²) in [5.74, 6) is -0.981. The first-order chi connectivity index (χ1) is 4.09. The van der Waals surface area contributed by atoms with Crippen LogP contribution in [-0.4, -0.2) is 32.4 Å². The van der Waals surface area contributed by atoms with Gasteiger partial charge in [0.15, 0.2) is 0 Å². The highest BCUT2D eigenvalue weighted by Crippen LogP contribution is 2.13. The predicted octanol–water partition coefficient (Wildman–Crippen LogP) is 0.590. The summed E-state index contributed by atoms with van der Waals surface area (Å²) in [5, 5.41) is 16.7. The van der Waals surface area contributed by atoms with Crippen LogP contribution in [0.5, 0.6) is 0 Å². The van der Waals surface area contributed by atoms with Crippen LogP contribution in [0.1, 0.15) is 0 Å². The average Bonchev–Trinajstić information content (AvgIpc) is 1.84. The molecule has 0 radical (unpaired) electrons. The summed E-state index contributed by atoms with van der Waals surface area (Å²) < 4.78 is 0. The Hall–Kier alpha value is 0.390. The number of alkyl halides is 2. The zero-order chi connectivity index (χ0) is 7.44. The van der Waals surface area contributed by atoms with Crippen LogP contribution in [0, 0.1) is 0 Å². The number of hydrogen-bond acceptors (Lipinski definition) is 2. The molecular formula is C4H6Br2O3. The molecule has 0 heterocycles. The average molecular weight is 262 g/mol. The molecule has 0 unspecified atom stereocenters. The summed E-state index contributed by atoms with van der Waals surface area (Å²) in [7, 11) is 0. The second-order valence-electron chi connectivity index (χ2n) is 1.44. The van der Waals surface area contributed by atoms with E-state index in [-0.39, 0.29) is 6.61 Å². The second-order valence-corrected chi connectivity index (χ2v) is 3.60. The number of aliphatic carboxylic acids is 1. The van der Waals surface area contributed by atoms with Gasteiger partial charge in [-0.1, -0.05) is 31.9 Å². The molecule has 0 saturated heterocycles. The van der Waals surface area contributed by atoms with Crippen molar-refractivity contribution >= 4 is 37.8 Å². The third-order valence-corrected chi connectivity index (χ3v) is 3.29. The summed E-state index contributed by atoms with van der Waals surface area (Å²) in [4.78, 5) is 8.97. The number of aliphatic hydroxyl groups excluding tert-OH is 1. The molecule has 0 spiro atoms. The lowest BCUT2D eigenvalue weighted by atomic mass is 10.3. The lowest BCUT2D eigenvalue weighted by molar-refractivity contribution is -0.136. The van der Waals surface area contributed by atoms with Crippen LogP contribution in [0.25, 0.3) is 0 Å². The Balaban J connectivity index is 3.72. The number of aliphatic hydroxyl groups is 1. The van der Waals surface area contributed by atoms with E-state index >= 15 is 0 Å². The minimum Gasteiger partial charge on any atom is -0.480 e. The maximum Gasteiger partial charge on any atom is 0.318 e. The van der Waals surface area contributed by atoms with Crippen molar-refractivity contribution in [3.8, 4) is 0 Å². The predicted molar refractivity (Wildman–Crippen MR) is 40.2 cm³/mol. The summed E-state index contributed by atoms with van der Waals surface area (Å²) in [6.45, 7) is -0.192. The van der Waals surface area contributed by atoms with Crippen molar-refractivity contribution < 1.29 is 15.0 Å². The minimum absolute atomic E-state index is 0.192. The Morgan fingerprint density at radius 3 is 2.11 bits per heavy atom. The maximum absolute atomic E-state index is 10.1. The largest absolute Gasteiger partial charge is 0.480 e. The molecule has 5 heteroatoms. The lowest BCUT2D eigenvalue weighted by Gasteiger charge is -2.07. The number of carboxylic acid groups (broad SMARTS) is 1. The van der Waals surface area contributed by atoms with Crippen molar-refractivity contribution in [1.82, 2.24) is 0 Å². The monoisotopic (exact) mass is 260 g/mol. The Bertz CT molecular complexity index is 106. The Labute approximate surface area is 69.3 Å². The maximum atomic E-state index is 10.1. The molecule has 0 rings (SSSR count). The molecule has 0 aliphatic rings. The zero-order valence-electron chi connectivity index (χ0n) is 4.42. The number of carbonyl (C=O) groups is 1. The minimum atomic E-state index is -0.981. The van der Waals surface area contributed by atoms with Gasteiger partial charge in [0.05, 0.1) is 11.4 Å². The van der Waals surface area contributed by atoms with E-state index in [0.29, 0.717) is 0 Å². The van der Waals surface area contributed by atoms with Gasteiger partial charge in [0.2, 0.25) is 0 Å². The molecule has 0 aliphatic carbocycles. The van der Waals surface area contributed by atoms with Crippen molar-refractivity contribution in [2.24, 2.45) is 0 Å². The first-order valence-corrected chi connectivity index (χ1v) is 4.04. The first-order valence-electron chi connectivity index (χ1n) is 2.21. The SMILES string of the molecule is O=C(O)[C@H](Br)[C@H](Br)CO. The number of carboxylic acids is 1. The first kappa shape index (κ1) is 9.39. The van der Waals surface area contributed by atoms with Crippen LogP contribution in [0.2, 0.25) is 0 Å². The fourth-order valence-corrected chi connectivity index (χ4v) is 0.641. The highest BCUT2D eigenvalue weighted by molar-refractivity contribution is 9.12. The molecular weight excluding hydrogens is 256 g/mol. The summed E-state index contributed by atoms with van der Waals surface area (Å²) in [5.41, 5.74) is 0. The molecule has 0 amide bonds. The number of halogens is 2. The van der Waals surface area contributed by atoms with Crippen LogP contribution < -0.4 is 0 Å². The smallest absolute Gasteiger partial charge is 0.318 e. The van der Waals surface area contributed by atoms with Crippen molar-refractivity contribution in [2.75, 3.05) is 6.61 Å². The molecule has 0 aromatic rings. The Morgan fingerprint density at radius 1 is 1.56 bits per heavy atom. The molecule has 0 saturated carbocycles. The van der Waals surface area contributed by atoms with E-state index in [1.807, 2.05) is 0 Å². The van der Waals surface area contributed by atoms with E-state index in [4.69, 9.17) is 10.2 Å². The van der Waals surface area contributed by atoms with Gasteiger partial charge in [0, 0.05) is 0 Å². The van der Waals surface area contributed by atoms with Crippen LogP contribution in [0.4, 0.5) is 0 Å². The molecule has 0 aliphatic heterocycles. The molecule has 0 aromatic heterocycles. The van der Waals surface area contributed by atoms with Gasteiger partial charge in [0.1, 0.15) is 4.83 Å². The van der Waals surface area contributed by atoms with Crippen molar-refractivity contribution in [3.63, 3.8) is 0 Å². The van der Waals surface area contributed by atoms with Gasteiger partial charge in [-0.25, -0.2) is 0 Å². The molecule has 0 bridgehead atoms. The Kier molecular flexibility index (Phi) is 4.43. The quantitative estimate of drug-likeness (QED) is 0.732. The topological polar surface area (TPSA) is 57.5 Å². The van der Waals surface area contributed by atoms with E-state index in [0.717, 1.165) is 0 Å². The molecule has 0 fully saturated rings. The van der Waals surface area contributed by atoms with Crippen LogP contribution in [-0.2, 0) is 4.79 Å². The van der Waals surface area contributed by atoms with Crippen molar-refractivity contribution in [2.45, 2.75) is 9.65 Å². The van der Waals surface area contributed by atoms with Gasteiger partial charge in [0.25, 0.3) is 0 Å². The van der Waals surface area contributed by atoms with Crippen molar-refractivity contribution in [3.05, 3.63) is 0 Å². The Morgan fingerprint density at radius 2 is 2.00 bits per heavy atom. The molecule has 54 valence electrons. The second kappa shape index (κ2) is 4.24. The third-order valence-electron chi connectivity index (χ3n) is 0.728. The van der Waals surface area contributed by atoms with Gasteiger partial charge in [-0.3, -0.25) is 4.79 Å². The van der Waals surface area contributed by atoms with E-state index in [2.05, 4.69) is 31.9 Å². The molecule has 3 nitrogen and oxygen atoms in total. The van der Waals surface area contributed by atoms with E-state index in [1.165, 1.54) is 0 Å². The van der Waals surface area contributed by atoms with Gasteiger partial charge in [-0.05, 0) is 0 Å². The van der Waals surface area contributed by atoms with Crippen LogP contribution >= 0.6 is 31.9 Å². The third kappa shape index (κ3) is 3.17. The molecule has 2 atom stereocenters. The fraction of sp³-hybridized carbons (Fsp3) is 0.750. The summed E-state index contributed by atoms with van der Waals surface area (Å²) in [6.07, 6.45) is 0. The van der Waals surface area contributed by atoms with Gasteiger partial charge < -0.3 is 10.2 Å². The summed E-state index contributed by atoms with van der Waals surface area (Å²) >= 11 is 5.83. The van der Waals surface area contributed by atoms with E-state index < -0.39 is 15.6 Å². The fourth-order valence-electron chi connectivity index (χ4n) is 0.247. The van der Waals surface area contributed by atoms with Gasteiger partial charge >= 0.3 is 5.97 Å². The van der Waals surface area contributed by atoms with Crippen molar-refractivity contribution in [1.29, 1.82) is 0 Å². The van der Waals surface area contributed by atoms with E-state index in [9.17, 15) is 4.79 Å². The van der Waals surface area contributed by atoms with Gasteiger partial charge in [-0.2, -0.15) is 0 Å². The lowest BCUT2D eigenvalue weighted by Crippen LogP contribution is -2.26. The molecule has 9 heavy (non-hydrogen) atoms. The molecule has 0 aromatic carbocycles. The van der Waals surface area contributed by atoms with E-state index in [1.54, 1.807) is 0 Å². The standard InChI is InChI=1S/C4H6Br2O3/c5-2(1-7)3(6)4(8)9/h2-3,7H,1H2,(H,8,9)/t2-,3-/m1/s1. The molecule has 2 N–H and O–H groups in total. The highest BCUT2D eigenvalue weighted by atomic mass is 79.9.